The molecule has 0 radical (unpaired) electrons. The van der Waals surface area contributed by atoms with Gasteiger partial charge in [0.1, 0.15) is 11.7 Å². The van der Waals surface area contributed by atoms with E-state index in [1.807, 2.05) is 0 Å². The molecule has 4 aliphatic carbocycles. The van der Waals surface area contributed by atoms with E-state index in [2.05, 4.69) is 43.6 Å². The van der Waals surface area contributed by atoms with Crippen LogP contribution in [0.25, 0.3) is 0 Å². The third-order valence-electron chi connectivity index (χ3n) is 15.1. The highest BCUT2D eigenvalue weighted by Gasteiger charge is 2.86. The number of methoxy groups -OCH3 is 2. The molecule has 49 heavy (non-hydrogen) atoms. The zero-order valence-corrected chi connectivity index (χ0v) is 31.7. The number of nitrogens with zero attached hydrogens (tertiary/aromatic N) is 2. The van der Waals surface area contributed by atoms with Crippen LogP contribution >= 0.6 is 0 Å². The molecule has 4 bridgehead atoms. The molecule has 2 saturated heterocycles. The summed E-state index contributed by atoms with van der Waals surface area (Å²) in [5.41, 5.74) is -1.48. The summed E-state index contributed by atoms with van der Waals surface area (Å²) in [4.78, 5) is 32.8. The average Bonchev–Trinajstić information content (AvgIpc) is 3.80. The van der Waals surface area contributed by atoms with Crippen LogP contribution in [0.5, 0.6) is 0 Å². The second-order valence-corrected chi connectivity index (χ2v) is 17.5. The number of hydrogen-bond acceptors (Lipinski definition) is 7. The topological polar surface area (TPSA) is 88.5 Å². The summed E-state index contributed by atoms with van der Waals surface area (Å²) in [5, 5.41) is 11.6. The van der Waals surface area contributed by atoms with Gasteiger partial charge in [0.2, 0.25) is 0 Å². The highest BCUT2D eigenvalue weighted by molar-refractivity contribution is 5.90. The van der Waals surface area contributed by atoms with Gasteiger partial charge in [-0.05, 0) is 112 Å². The molecular formula is C41H68N2O6. The second kappa shape index (κ2) is 15.3. The van der Waals surface area contributed by atoms with Gasteiger partial charge in [-0.1, -0.05) is 58.6 Å². The number of aldehydes is 1. The number of aliphatic carboxylic acids is 1. The molecule has 6 aliphatic rings. The largest absolute Gasteiger partial charge is 0.481 e. The molecule has 10 atom stereocenters. The molecular weight excluding hydrogens is 616 g/mol. The molecule has 6 rings (SSSR count). The summed E-state index contributed by atoms with van der Waals surface area (Å²) >= 11 is 0. The van der Waals surface area contributed by atoms with Crippen molar-refractivity contribution in [3.8, 4) is 0 Å². The quantitative estimate of drug-likeness (QED) is 0.128. The van der Waals surface area contributed by atoms with E-state index in [0.717, 1.165) is 102 Å². The SMILES string of the molecule is CCCCC1CC(C23C[C@@H]4[C@H](C)CC[C@H]4C4(C=O)CC2C=C(C(C)C)C34C(=O)O)OC1CN1CCC(CCN(CCOC)CCOC)CC1. The molecule has 0 amide bonds. The van der Waals surface area contributed by atoms with Gasteiger partial charge in [-0.2, -0.15) is 0 Å². The number of carbonyl (C=O) groups is 2. The van der Waals surface area contributed by atoms with Crippen LogP contribution in [0.2, 0.25) is 0 Å². The number of carboxylic acids is 1. The third kappa shape index (κ3) is 6.09. The standard InChI is InChI=1S/C41H68N2O6/c1-7-8-9-31-22-37(49-36(31)26-43-16-13-30(14-17-43)12-15-42(18-20-47-5)19-21-48-6)40-25-33-29(4)10-11-34(33)39(27-44)24-32(40)23-35(28(2)3)41(39,40)38(45)46/h23,27-34,36-37H,7-22,24-26H2,1-6H3,(H,45,46)/t29-,31?,32?,33-,34-,36?,37?,39?,40?,41?/m1/s1. The minimum Gasteiger partial charge on any atom is -0.481 e. The van der Waals surface area contributed by atoms with Crippen molar-refractivity contribution < 1.29 is 28.9 Å². The van der Waals surface area contributed by atoms with E-state index in [0.29, 0.717) is 24.2 Å². The Kier molecular flexibility index (Phi) is 11.7. The Hall–Kier alpha value is -1.32. The fourth-order valence-corrected chi connectivity index (χ4v) is 12.8. The molecule has 278 valence electrons. The predicted molar refractivity (Wildman–Crippen MR) is 192 cm³/mol. The van der Waals surface area contributed by atoms with E-state index in [-0.39, 0.29) is 30.0 Å². The molecule has 0 aromatic rings. The van der Waals surface area contributed by atoms with Crippen LogP contribution in [-0.2, 0) is 23.8 Å². The van der Waals surface area contributed by atoms with E-state index >= 15 is 0 Å². The first kappa shape index (κ1) is 37.4. The number of hydrogen-bond donors (Lipinski definition) is 1. The number of ether oxygens (including phenoxy) is 3. The first-order valence-electron chi connectivity index (χ1n) is 20.1. The van der Waals surface area contributed by atoms with Crippen LogP contribution in [0.4, 0.5) is 0 Å². The van der Waals surface area contributed by atoms with Gasteiger partial charge in [-0.3, -0.25) is 9.69 Å². The maximum Gasteiger partial charge on any atom is 0.315 e. The van der Waals surface area contributed by atoms with Gasteiger partial charge in [0.25, 0.3) is 0 Å². The van der Waals surface area contributed by atoms with E-state index in [1.165, 1.54) is 32.0 Å². The van der Waals surface area contributed by atoms with Gasteiger partial charge < -0.3 is 29.0 Å². The van der Waals surface area contributed by atoms with Crippen LogP contribution in [0.3, 0.4) is 0 Å². The van der Waals surface area contributed by atoms with Crippen molar-refractivity contribution in [2.45, 2.75) is 111 Å². The van der Waals surface area contributed by atoms with Crippen molar-refractivity contribution in [1.29, 1.82) is 0 Å². The van der Waals surface area contributed by atoms with Gasteiger partial charge in [0.15, 0.2) is 0 Å². The first-order chi connectivity index (χ1) is 23.6. The van der Waals surface area contributed by atoms with Gasteiger partial charge in [-0.25, -0.2) is 0 Å². The summed E-state index contributed by atoms with van der Waals surface area (Å²) in [6, 6.07) is 0. The van der Waals surface area contributed by atoms with Crippen LogP contribution < -0.4 is 0 Å². The maximum absolute atomic E-state index is 14.1. The Balaban J connectivity index is 1.20. The van der Waals surface area contributed by atoms with Crippen molar-refractivity contribution in [2.24, 2.45) is 57.7 Å². The zero-order valence-electron chi connectivity index (χ0n) is 31.7. The minimum absolute atomic E-state index is 0.0943. The van der Waals surface area contributed by atoms with E-state index in [9.17, 15) is 14.7 Å². The van der Waals surface area contributed by atoms with Crippen LogP contribution in [0.15, 0.2) is 11.6 Å². The summed E-state index contributed by atoms with van der Waals surface area (Å²) in [7, 11) is 3.54. The van der Waals surface area contributed by atoms with Crippen LogP contribution in [-0.4, -0.2) is 106 Å². The molecule has 7 unspecified atom stereocenters. The van der Waals surface area contributed by atoms with E-state index < -0.39 is 22.2 Å². The van der Waals surface area contributed by atoms with Crippen molar-refractivity contribution in [1.82, 2.24) is 9.80 Å². The fraction of sp³-hybridized carbons (Fsp3) is 0.902. The Morgan fingerprint density at radius 2 is 1.80 bits per heavy atom. The van der Waals surface area contributed by atoms with Crippen molar-refractivity contribution in [3.63, 3.8) is 0 Å². The summed E-state index contributed by atoms with van der Waals surface area (Å²) in [6.07, 6.45) is 15.3. The number of piperidine rings is 1. The predicted octanol–water partition coefficient (Wildman–Crippen LogP) is 6.57. The van der Waals surface area contributed by atoms with Crippen molar-refractivity contribution in [3.05, 3.63) is 11.6 Å². The molecule has 0 spiro atoms. The van der Waals surface area contributed by atoms with Gasteiger partial charge in [-0.15, -0.1) is 0 Å². The van der Waals surface area contributed by atoms with E-state index in [4.69, 9.17) is 14.2 Å². The molecule has 1 N–H and O–H groups in total. The Labute approximate surface area is 297 Å². The lowest BCUT2D eigenvalue weighted by molar-refractivity contribution is -0.197. The summed E-state index contributed by atoms with van der Waals surface area (Å²) in [6.45, 7) is 16.6. The number of unbranched alkanes of at least 4 members (excludes halogenated alkanes) is 1. The normalized spacial score (nSPS) is 40.4. The van der Waals surface area contributed by atoms with Crippen LogP contribution in [0, 0.1) is 57.7 Å². The number of carboxylic acid groups (broad SMARTS) is 1. The Morgan fingerprint density at radius 1 is 1.08 bits per heavy atom. The zero-order chi connectivity index (χ0) is 35.0. The monoisotopic (exact) mass is 685 g/mol. The highest BCUT2D eigenvalue weighted by Crippen LogP contribution is 2.84. The lowest BCUT2D eigenvalue weighted by Crippen LogP contribution is -2.65. The lowest BCUT2D eigenvalue weighted by Gasteiger charge is -2.60. The fourth-order valence-electron chi connectivity index (χ4n) is 12.8. The molecule has 0 aromatic heterocycles. The number of rotatable bonds is 18. The number of fused-ring (bicyclic) bond motifs is 2. The minimum atomic E-state index is -1.15. The van der Waals surface area contributed by atoms with Crippen molar-refractivity contribution in [2.75, 3.05) is 66.7 Å². The number of likely N-dealkylation sites (tertiary alicyclic amines) is 1. The molecule has 2 aliphatic heterocycles. The maximum atomic E-state index is 14.1. The summed E-state index contributed by atoms with van der Waals surface area (Å²) in [5.74, 6) is 1.71. The van der Waals surface area contributed by atoms with E-state index in [1.54, 1.807) is 14.2 Å². The second-order valence-electron chi connectivity index (χ2n) is 17.5. The van der Waals surface area contributed by atoms with Gasteiger partial charge >= 0.3 is 5.97 Å². The number of carbonyl (C=O) groups excluding carboxylic acids is 1. The Bertz CT molecular complexity index is 1180. The molecule has 5 fully saturated rings. The smallest absolute Gasteiger partial charge is 0.315 e. The molecule has 8 nitrogen and oxygen atoms in total. The summed E-state index contributed by atoms with van der Waals surface area (Å²) < 4.78 is 18.1. The molecule has 2 heterocycles. The third-order valence-corrected chi connectivity index (χ3v) is 15.1. The van der Waals surface area contributed by atoms with Crippen LogP contribution in [0.1, 0.15) is 98.3 Å². The highest BCUT2D eigenvalue weighted by atomic mass is 16.5. The lowest BCUT2D eigenvalue weighted by atomic mass is 9.41. The molecule has 3 saturated carbocycles. The van der Waals surface area contributed by atoms with Crippen molar-refractivity contribution >= 4 is 12.3 Å². The number of allylic oxidation sites excluding steroid dienone is 1. The van der Waals surface area contributed by atoms with Gasteiger partial charge in [0.05, 0.1) is 30.8 Å². The first-order valence-corrected chi connectivity index (χ1v) is 20.1. The van der Waals surface area contributed by atoms with Gasteiger partial charge in [0, 0.05) is 39.3 Å². The molecule has 8 heteroatoms. The average molecular weight is 685 g/mol. The molecule has 0 aromatic carbocycles. The Morgan fingerprint density at radius 3 is 2.41 bits per heavy atom.